The lowest BCUT2D eigenvalue weighted by Gasteiger charge is -2.20. The van der Waals surface area contributed by atoms with Crippen LogP contribution in [-0.4, -0.2) is 62.9 Å². The van der Waals surface area contributed by atoms with Crippen LogP contribution in [0.25, 0.3) is 17.1 Å². The summed E-state index contributed by atoms with van der Waals surface area (Å²) >= 11 is 0. The molecule has 1 aromatic heterocycles. The van der Waals surface area contributed by atoms with E-state index in [1.54, 1.807) is 10.6 Å². The summed E-state index contributed by atoms with van der Waals surface area (Å²) in [4.78, 5) is 4.65. The van der Waals surface area contributed by atoms with Gasteiger partial charge in [0.15, 0.2) is 6.23 Å². The van der Waals surface area contributed by atoms with E-state index in [1.165, 1.54) is 0 Å². The Labute approximate surface area is 192 Å². The molecular weight excluding hydrogens is 424 g/mol. The van der Waals surface area contributed by atoms with Crippen molar-refractivity contribution in [2.24, 2.45) is 5.73 Å². The predicted molar refractivity (Wildman–Crippen MR) is 126 cm³/mol. The number of para-hydroxylation sites is 2. The van der Waals surface area contributed by atoms with Crippen LogP contribution in [0, 0.1) is 0 Å². The molecule has 9 heteroatoms. The Kier molecular flexibility index (Phi) is 7.26. The van der Waals surface area contributed by atoms with E-state index in [-0.39, 0.29) is 0 Å². The molecule has 1 aliphatic heterocycles. The highest BCUT2D eigenvalue weighted by Gasteiger charge is 2.44. The average molecular weight is 455 g/mol. The number of hydrogen-bond acceptors (Lipinski definition) is 8. The first-order chi connectivity index (χ1) is 16.1. The fraction of sp³-hybridized carbons (Fsp3) is 0.375. The zero-order valence-electron chi connectivity index (χ0n) is 18.3. The molecule has 33 heavy (non-hydrogen) atoms. The van der Waals surface area contributed by atoms with Crippen LogP contribution in [0.4, 0.5) is 5.95 Å². The van der Waals surface area contributed by atoms with E-state index in [0.29, 0.717) is 31.2 Å². The van der Waals surface area contributed by atoms with Gasteiger partial charge in [-0.1, -0.05) is 36.9 Å². The minimum atomic E-state index is -1.21. The van der Waals surface area contributed by atoms with E-state index in [4.69, 9.17) is 15.2 Å². The normalized spacial score (nSPS) is 22.5. The molecule has 2 heterocycles. The molecule has 9 nitrogen and oxygen atoms in total. The molecule has 6 N–H and O–H groups in total. The number of fused-ring (bicyclic) bond motifs is 1. The third-order valence-electron chi connectivity index (χ3n) is 5.72. The molecule has 4 rings (SSSR count). The van der Waals surface area contributed by atoms with Gasteiger partial charge in [0.05, 0.1) is 24.2 Å². The van der Waals surface area contributed by atoms with Crippen molar-refractivity contribution >= 4 is 23.1 Å². The molecule has 0 bridgehead atoms. The van der Waals surface area contributed by atoms with Crippen molar-refractivity contribution in [3.63, 3.8) is 0 Å². The molecule has 1 fully saturated rings. The van der Waals surface area contributed by atoms with Crippen molar-refractivity contribution in [2.75, 3.05) is 25.1 Å². The van der Waals surface area contributed by atoms with Gasteiger partial charge in [-0.15, -0.1) is 0 Å². The van der Waals surface area contributed by atoms with Crippen LogP contribution in [-0.2, 0) is 11.3 Å². The highest BCUT2D eigenvalue weighted by atomic mass is 16.6. The number of aliphatic hydroxyl groups is 3. The zero-order valence-corrected chi connectivity index (χ0v) is 18.3. The van der Waals surface area contributed by atoms with Crippen LogP contribution in [0.5, 0.6) is 5.75 Å². The van der Waals surface area contributed by atoms with E-state index in [1.807, 2.05) is 42.5 Å². The van der Waals surface area contributed by atoms with Gasteiger partial charge in [0.25, 0.3) is 0 Å². The lowest BCUT2D eigenvalue weighted by Crippen LogP contribution is -2.33. The lowest BCUT2D eigenvalue weighted by atomic mass is 10.1. The minimum Gasteiger partial charge on any atom is -0.493 e. The number of hydrogen-bond donors (Lipinski definition) is 5. The first-order valence-electron chi connectivity index (χ1n) is 11.0. The SMILES string of the molecule is C=Cc1ccc(CNc2nc3ccccc3n2[C@@H]2O[C@H](CO)[C@@H](O)[C@H]2O)cc1OCCCN. The number of imidazole rings is 1. The van der Waals surface area contributed by atoms with Crippen molar-refractivity contribution in [1.29, 1.82) is 0 Å². The summed E-state index contributed by atoms with van der Waals surface area (Å²) in [6.45, 7) is 4.96. The van der Waals surface area contributed by atoms with Gasteiger partial charge in [0.2, 0.25) is 5.95 Å². The lowest BCUT2D eigenvalue weighted by molar-refractivity contribution is -0.0499. The maximum atomic E-state index is 10.6. The second-order valence-corrected chi connectivity index (χ2v) is 7.94. The molecule has 3 aromatic rings. The van der Waals surface area contributed by atoms with Gasteiger partial charge in [0, 0.05) is 12.1 Å². The number of aliphatic hydroxyl groups excluding tert-OH is 3. The van der Waals surface area contributed by atoms with E-state index in [2.05, 4.69) is 16.9 Å². The van der Waals surface area contributed by atoms with Gasteiger partial charge in [-0.2, -0.15) is 0 Å². The molecular formula is C24H30N4O5. The van der Waals surface area contributed by atoms with Crippen molar-refractivity contribution in [3.05, 3.63) is 60.2 Å². The van der Waals surface area contributed by atoms with E-state index < -0.39 is 31.1 Å². The van der Waals surface area contributed by atoms with Gasteiger partial charge in [-0.25, -0.2) is 4.98 Å². The Morgan fingerprint density at radius 2 is 2.03 bits per heavy atom. The molecule has 1 aliphatic rings. The second-order valence-electron chi connectivity index (χ2n) is 7.94. The fourth-order valence-electron chi connectivity index (χ4n) is 3.95. The average Bonchev–Trinajstić information content (AvgIpc) is 3.34. The minimum absolute atomic E-state index is 0.396. The number of nitrogens with two attached hydrogens (primary N) is 1. The number of nitrogens with zero attached hydrogens (tertiary/aromatic N) is 2. The van der Waals surface area contributed by atoms with Gasteiger partial charge >= 0.3 is 0 Å². The van der Waals surface area contributed by atoms with Gasteiger partial charge in [-0.3, -0.25) is 4.57 Å². The Morgan fingerprint density at radius 3 is 2.76 bits per heavy atom. The Hall–Kier alpha value is -2.95. The first-order valence-corrected chi connectivity index (χ1v) is 11.0. The Balaban J connectivity index is 1.60. The van der Waals surface area contributed by atoms with E-state index >= 15 is 0 Å². The fourth-order valence-corrected chi connectivity index (χ4v) is 3.95. The number of rotatable bonds is 10. The molecule has 1 saturated heterocycles. The molecule has 176 valence electrons. The third kappa shape index (κ3) is 4.73. The third-order valence-corrected chi connectivity index (χ3v) is 5.72. The number of anilines is 1. The Morgan fingerprint density at radius 1 is 1.21 bits per heavy atom. The molecule has 0 radical (unpaired) electrons. The molecule has 0 amide bonds. The monoisotopic (exact) mass is 454 g/mol. The second kappa shape index (κ2) is 10.3. The molecule has 0 aliphatic carbocycles. The quantitative estimate of drug-likeness (QED) is 0.292. The maximum Gasteiger partial charge on any atom is 0.206 e. The van der Waals surface area contributed by atoms with Crippen LogP contribution < -0.4 is 15.8 Å². The van der Waals surface area contributed by atoms with Crippen LogP contribution in [0.3, 0.4) is 0 Å². The number of ether oxygens (including phenoxy) is 2. The number of benzene rings is 2. The molecule has 0 saturated carbocycles. The Bertz CT molecular complexity index is 1100. The summed E-state index contributed by atoms with van der Waals surface area (Å²) in [5.41, 5.74) is 8.87. The van der Waals surface area contributed by atoms with Gasteiger partial charge < -0.3 is 35.8 Å². The van der Waals surface area contributed by atoms with Crippen LogP contribution >= 0.6 is 0 Å². The van der Waals surface area contributed by atoms with Gasteiger partial charge in [-0.05, 0) is 36.7 Å². The summed E-state index contributed by atoms with van der Waals surface area (Å²) in [5, 5.41) is 33.6. The van der Waals surface area contributed by atoms with Crippen LogP contribution in [0.2, 0.25) is 0 Å². The van der Waals surface area contributed by atoms with Crippen LogP contribution in [0.15, 0.2) is 49.0 Å². The highest BCUT2D eigenvalue weighted by Crippen LogP contribution is 2.35. The molecule has 0 spiro atoms. The first kappa shape index (κ1) is 23.2. The largest absolute Gasteiger partial charge is 0.493 e. The van der Waals surface area contributed by atoms with Gasteiger partial charge in [0.1, 0.15) is 24.1 Å². The van der Waals surface area contributed by atoms with Crippen molar-refractivity contribution in [3.8, 4) is 5.75 Å². The van der Waals surface area contributed by atoms with Crippen molar-refractivity contribution in [2.45, 2.75) is 37.5 Å². The van der Waals surface area contributed by atoms with Crippen molar-refractivity contribution < 1.29 is 24.8 Å². The zero-order chi connectivity index (χ0) is 23.4. The summed E-state index contributed by atoms with van der Waals surface area (Å²) in [5.74, 6) is 1.21. The molecule has 0 unspecified atom stereocenters. The molecule has 2 aromatic carbocycles. The summed E-state index contributed by atoms with van der Waals surface area (Å²) in [7, 11) is 0. The van der Waals surface area contributed by atoms with E-state index in [0.717, 1.165) is 28.8 Å². The summed E-state index contributed by atoms with van der Waals surface area (Å²) in [6, 6.07) is 13.3. The number of nitrogens with one attached hydrogen (secondary N) is 1. The maximum absolute atomic E-state index is 10.6. The summed E-state index contributed by atoms with van der Waals surface area (Å²) in [6.07, 6.45) is -1.68. The van der Waals surface area contributed by atoms with Crippen molar-refractivity contribution in [1.82, 2.24) is 9.55 Å². The van der Waals surface area contributed by atoms with Crippen LogP contribution in [0.1, 0.15) is 23.8 Å². The predicted octanol–water partition coefficient (Wildman–Crippen LogP) is 1.63. The topological polar surface area (TPSA) is 135 Å². The number of aromatic nitrogens is 2. The summed E-state index contributed by atoms with van der Waals surface area (Å²) < 4.78 is 13.4. The highest BCUT2D eigenvalue weighted by molar-refractivity contribution is 5.78. The molecule has 4 atom stereocenters. The standard InChI is InChI=1S/C24H30N4O5/c1-2-16-9-8-15(12-19(16)32-11-5-10-25)13-26-24-27-17-6-3-4-7-18(17)28(24)23-22(31)21(30)20(14-29)33-23/h2-4,6-9,12,20-23,29-31H,1,5,10-11,13-14,25H2,(H,26,27)/t20-,21-,22-,23-/m1/s1. The van der Waals surface area contributed by atoms with E-state index in [9.17, 15) is 15.3 Å². The smallest absolute Gasteiger partial charge is 0.206 e.